The van der Waals surface area contributed by atoms with Gasteiger partial charge in [-0.25, -0.2) is 0 Å². The number of aliphatic carboxylic acids is 1. The van der Waals surface area contributed by atoms with Crippen molar-refractivity contribution >= 4 is 17.4 Å². The lowest BCUT2D eigenvalue weighted by Gasteiger charge is -2.27. The Morgan fingerprint density at radius 2 is 1.64 bits per heavy atom. The standard InChI is InChI=1S/C21H16N2O2/c1-14-8-7-13-18(22-14)21(20(24)25)16-11-5-6-12-17(16)23-19(21)15-9-3-2-4-10-15/h2-13H,1H3,(H,24,25). The zero-order valence-electron chi connectivity index (χ0n) is 13.7. The van der Waals surface area contributed by atoms with Crippen molar-refractivity contribution in [2.24, 2.45) is 4.99 Å². The van der Waals surface area contributed by atoms with Gasteiger partial charge in [-0.3, -0.25) is 14.8 Å². The van der Waals surface area contributed by atoms with E-state index in [0.717, 1.165) is 11.3 Å². The van der Waals surface area contributed by atoms with E-state index in [1.165, 1.54) is 0 Å². The van der Waals surface area contributed by atoms with Gasteiger partial charge in [0.2, 0.25) is 0 Å². The second-order valence-electron chi connectivity index (χ2n) is 6.06. The fraction of sp³-hybridized carbons (Fsp3) is 0.0952. The fourth-order valence-electron chi connectivity index (χ4n) is 3.43. The molecule has 4 heteroatoms. The molecule has 2 heterocycles. The molecule has 0 saturated carbocycles. The Kier molecular flexibility index (Phi) is 3.46. The molecule has 0 radical (unpaired) electrons. The van der Waals surface area contributed by atoms with Gasteiger partial charge in [0.1, 0.15) is 0 Å². The molecular formula is C21H16N2O2. The second kappa shape index (κ2) is 5.67. The number of pyridine rings is 1. The first kappa shape index (κ1) is 15.3. The Labute approximate surface area is 145 Å². The average Bonchev–Trinajstić information content (AvgIpc) is 2.99. The molecule has 1 aliphatic rings. The van der Waals surface area contributed by atoms with Crippen LogP contribution in [0.15, 0.2) is 77.8 Å². The third-order valence-electron chi connectivity index (χ3n) is 4.54. The van der Waals surface area contributed by atoms with Crippen molar-refractivity contribution in [3.8, 4) is 0 Å². The van der Waals surface area contributed by atoms with Crippen molar-refractivity contribution in [3.63, 3.8) is 0 Å². The maximum Gasteiger partial charge on any atom is 0.326 e. The van der Waals surface area contributed by atoms with Gasteiger partial charge in [-0.2, -0.15) is 0 Å². The van der Waals surface area contributed by atoms with Gasteiger partial charge in [0, 0.05) is 11.3 Å². The van der Waals surface area contributed by atoms with Gasteiger partial charge < -0.3 is 5.11 Å². The van der Waals surface area contributed by atoms with Crippen LogP contribution in [-0.2, 0) is 10.2 Å². The molecule has 1 unspecified atom stereocenters. The van der Waals surface area contributed by atoms with Crippen molar-refractivity contribution < 1.29 is 9.90 Å². The first-order valence-electron chi connectivity index (χ1n) is 8.05. The van der Waals surface area contributed by atoms with Gasteiger partial charge in [0.05, 0.1) is 17.1 Å². The molecule has 3 aromatic rings. The largest absolute Gasteiger partial charge is 0.480 e. The van der Waals surface area contributed by atoms with Crippen LogP contribution in [0.2, 0.25) is 0 Å². The van der Waals surface area contributed by atoms with Gasteiger partial charge in [-0.05, 0) is 30.7 Å². The fourth-order valence-corrected chi connectivity index (χ4v) is 3.43. The van der Waals surface area contributed by atoms with Gasteiger partial charge in [-0.1, -0.05) is 54.6 Å². The Bertz CT molecular complexity index is 996. The summed E-state index contributed by atoms with van der Waals surface area (Å²) in [6.07, 6.45) is 0. The molecule has 0 bridgehead atoms. The number of aromatic nitrogens is 1. The number of hydrogen-bond acceptors (Lipinski definition) is 3. The van der Waals surface area contributed by atoms with Crippen molar-refractivity contribution in [1.82, 2.24) is 4.98 Å². The lowest BCUT2D eigenvalue weighted by Crippen LogP contribution is -2.44. The topological polar surface area (TPSA) is 62.5 Å². The molecule has 1 atom stereocenters. The molecule has 0 spiro atoms. The molecule has 0 saturated heterocycles. The van der Waals surface area contributed by atoms with E-state index in [9.17, 15) is 9.90 Å². The monoisotopic (exact) mass is 328 g/mol. The zero-order chi connectivity index (χ0) is 17.4. The molecule has 0 amide bonds. The van der Waals surface area contributed by atoms with Crippen LogP contribution in [0.5, 0.6) is 0 Å². The summed E-state index contributed by atoms with van der Waals surface area (Å²) in [5.41, 5.74) is 2.45. The molecule has 122 valence electrons. The lowest BCUT2D eigenvalue weighted by atomic mass is 9.72. The summed E-state index contributed by atoms with van der Waals surface area (Å²) in [6.45, 7) is 1.86. The Balaban J connectivity index is 2.09. The Morgan fingerprint density at radius 1 is 0.920 bits per heavy atom. The van der Waals surface area contributed by atoms with E-state index in [1.54, 1.807) is 6.07 Å². The van der Waals surface area contributed by atoms with Crippen LogP contribution in [0.3, 0.4) is 0 Å². The van der Waals surface area contributed by atoms with Gasteiger partial charge in [0.15, 0.2) is 5.41 Å². The maximum atomic E-state index is 12.7. The average molecular weight is 328 g/mol. The number of aliphatic imine (C=N–C) groups is 1. The van der Waals surface area contributed by atoms with Gasteiger partial charge in [-0.15, -0.1) is 0 Å². The summed E-state index contributed by atoms with van der Waals surface area (Å²) in [4.78, 5) is 21.9. The quantitative estimate of drug-likeness (QED) is 0.793. The smallest absolute Gasteiger partial charge is 0.326 e. The Hall–Kier alpha value is -3.27. The van der Waals surface area contributed by atoms with E-state index in [4.69, 9.17) is 4.99 Å². The summed E-state index contributed by atoms with van der Waals surface area (Å²) < 4.78 is 0. The van der Waals surface area contributed by atoms with Crippen LogP contribution in [0.1, 0.15) is 22.5 Å². The van der Waals surface area contributed by atoms with Crippen LogP contribution < -0.4 is 0 Å². The molecule has 1 aromatic heterocycles. The van der Waals surface area contributed by atoms with Crippen LogP contribution in [0, 0.1) is 6.92 Å². The molecule has 4 nitrogen and oxygen atoms in total. The SMILES string of the molecule is Cc1cccc(C2(C(=O)O)C(c3ccccc3)=Nc3ccccc32)n1. The van der Waals surface area contributed by atoms with Crippen molar-refractivity contribution in [3.05, 3.63) is 95.3 Å². The van der Waals surface area contributed by atoms with Gasteiger partial charge >= 0.3 is 5.97 Å². The number of carboxylic acids is 1. The molecule has 4 rings (SSSR count). The minimum atomic E-state index is -1.41. The van der Waals surface area contributed by atoms with Crippen LogP contribution in [-0.4, -0.2) is 21.8 Å². The van der Waals surface area contributed by atoms with E-state index in [1.807, 2.05) is 73.7 Å². The normalized spacial score (nSPS) is 18.5. The highest BCUT2D eigenvalue weighted by Crippen LogP contribution is 2.46. The highest BCUT2D eigenvalue weighted by atomic mass is 16.4. The number of carboxylic acid groups (broad SMARTS) is 1. The Morgan fingerprint density at radius 3 is 2.36 bits per heavy atom. The molecule has 0 aliphatic carbocycles. The number of nitrogens with zero attached hydrogens (tertiary/aromatic N) is 2. The molecular weight excluding hydrogens is 312 g/mol. The molecule has 2 aromatic carbocycles. The van der Waals surface area contributed by atoms with E-state index in [2.05, 4.69) is 4.98 Å². The van der Waals surface area contributed by atoms with Crippen molar-refractivity contribution in [2.45, 2.75) is 12.3 Å². The summed E-state index contributed by atoms with van der Waals surface area (Å²) in [5.74, 6) is -0.974. The number of rotatable bonds is 3. The first-order valence-corrected chi connectivity index (χ1v) is 8.05. The van der Waals surface area contributed by atoms with E-state index >= 15 is 0 Å². The minimum absolute atomic E-state index is 0.479. The van der Waals surface area contributed by atoms with Crippen molar-refractivity contribution in [2.75, 3.05) is 0 Å². The first-order chi connectivity index (χ1) is 12.1. The number of para-hydroxylation sites is 1. The molecule has 1 N–H and O–H groups in total. The van der Waals surface area contributed by atoms with Crippen LogP contribution >= 0.6 is 0 Å². The number of benzene rings is 2. The molecule has 1 aliphatic heterocycles. The minimum Gasteiger partial charge on any atom is -0.480 e. The number of fused-ring (bicyclic) bond motifs is 1. The molecule has 25 heavy (non-hydrogen) atoms. The summed E-state index contributed by atoms with van der Waals surface area (Å²) in [7, 11) is 0. The lowest BCUT2D eigenvalue weighted by molar-refractivity contribution is -0.139. The highest BCUT2D eigenvalue weighted by molar-refractivity contribution is 6.25. The third kappa shape index (κ3) is 2.18. The third-order valence-corrected chi connectivity index (χ3v) is 4.54. The highest BCUT2D eigenvalue weighted by Gasteiger charge is 2.53. The predicted molar refractivity (Wildman–Crippen MR) is 96.5 cm³/mol. The number of carbonyl (C=O) groups is 1. The van der Waals surface area contributed by atoms with Gasteiger partial charge in [0.25, 0.3) is 0 Å². The summed E-state index contributed by atoms with van der Waals surface area (Å²) in [5, 5.41) is 10.4. The van der Waals surface area contributed by atoms with E-state index in [0.29, 0.717) is 22.7 Å². The number of aryl methyl sites for hydroxylation is 1. The maximum absolute atomic E-state index is 12.7. The molecule has 0 fully saturated rings. The van der Waals surface area contributed by atoms with Crippen molar-refractivity contribution in [1.29, 1.82) is 0 Å². The van der Waals surface area contributed by atoms with E-state index in [-0.39, 0.29) is 0 Å². The number of hydrogen-bond donors (Lipinski definition) is 1. The summed E-state index contributed by atoms with van der Waals surface area (Å²) >= 11 is 0. The van der Waals surface area contributed by atoms with Crippen LogP contribution in [0.25, 0.3) is 0 Å². The predicted octanol–water partition coefficient (Wildman–Crippen LogP) is 3.90. The zero-order valence-corrected chi connectivity index (χ0v) is 13.7. The van der Waals surface area contributed by atoms with E-state index < -0.39 is 11.4 Å². The van der Waals surface area contributed by atoms with Crippen LogP contribution in [0.4, 0.5) is 5.69 Å². The summed E-state index contributed by atoms with van der Waals surface area (Å²) in [6, 6.07) is 22.3. The second-order valence-corrected chi connectivity index (χ2v) is 6.06.